The quantitative estimate of drug-likeness (QED) is 0.589. The number of aliphatic hydroxyl groups is 1. The van der Waals surface area contributed by atoms with Crippen molar-refractivity contribution < 1.29 is 27.5 Å². The van der Waals surface area contributed by atoms with Crippen LogP contribution in [0.4, 0.5) is 4.39 Å². The number of nitrogens with one attached hydrogen (secondary N) is 1. The predicted octanol–water partition coefficient (Wildman–Crippen LogP) is 2.05. The average Bonchev–Trinajstić information content (AvgIpc) is 3.02. The maximum absolute atomic E-state index is 13.4. The molecule has 31 heavy (non-hydrogen) atoms. The van der Waals surface area contributed by atoms with E-state index < -0.39 is 33.1 Å². The lowest BCUT2D eigenvalue weighted by Crippen LogP contribution is -2.53. The van der Waals surface area contributed by atoms with Crippen molar-refractivity contribution >= 4 is 33.3 Å². The minimum atomic E-state index is -3.04. The Hall–Kier alpha value is -1.71. The van der Waals surface area contributed by atoms with Crippen LogP contribution < -0.4 is 5.32 Å². The number of hydrogen-bond donors (Lipinski definition) is 2. The van der Waals surface area contributed by atoms with Gasteiger partial charge in [0.05, 0.1) is 5.75 Å². The Morgan fingerprint density at radius 1 is 1.29 bits per heavy atom. The molecule has 0 aromatic heterocycles. The van der Waals surface area contributed by atoms with Gasteiger partial charge in [0, 0.05) is 36.3 Å². The van der Waals surface area contributed by atoms with Gasteiger partial charge in [-0.15, -0.1) is 0 Å². The van der Waals surface area contributed by atoms with E-state index in [4.69, 9.17) is 11.6 Å². The molecule has 7 nitrogen and oxygen atoms in total. The van der Waals surface area contributed by atoms with Crippen molar-refractivity contribution in [3.8, 4) is 0 Å². The first-order chi connectivity index (χ1) is 14.5. The highest BCUT2D eigenvalue weighted by Gasteiger charge is 2.53. The third-order valence-electron chi connectivity index (χ3n) is 6.27. The van der Waals surface area contributed by atoms with Gasteiger partial charge in [-0.05, 0) is 55.4 Å². The summed E-state index contributed by atoms with van der Waals surface area (Å²) in [6.45, 7) is 1.83. The van der Waals surface area contributed by atoms with E-state index in [-0.39, 0.29) is 48.0 Å². The standard InChI is InChI=1S/C21H28ClFN2O5S/c1-2-31(29,30)13-14-3-5-18(6-4-14)25-8-7-21(28,20(25)27)19(26)24-12-15-9-16(22)11-17(23)10-15/h9-11,14,18,28H,2-8,12-13H2,1H3,(H,24,26). The van der Waals surface area contributed by atoms with Gasteiger partial charge in [0.2, 0.25) is 5.60 Å². The van der Waals surface area contributed by atoms with Crippen LogP contribution in [0.25, 0.3) is 0 Å². The molecule has 2 fully saturated rings. The van der Waals surface area contributed by atoms with Crippen molar-refractivity contribution in [2.24, 2.45) is 5.92 Å². The van der Waals surface area contributed by atoms with E-state index in [1.807, 2.05) is 0 Å². The topological polar surface area (TPSA) is 104 Å². The molecule has 1 aliphatic heterocycles. The van der Waals surface area contributed by atoms with Crippen molar-refractivity contribution in [3.63, 3.8) is 0 Å². The van der Waals surface area contributed by atoms with E-state index >= 15 is 0 Å². The zero-order chi connectivity index (χ0) is 22.8. The Balaban J connectivity index is 1.56. The van der Waals surface area contributed by atoms with Crippen molar-refractivity contribution in [1.29, 1.82) is 0 Å². The molecular weight excluding hydrogens is 447 g/mol. The Morgan fingerprint density at radius 2 is 1.97 bits per heavy atom. The van der Waals surface area contributed by atoms with Gasteiger partial charge >= 0.3 is 0 Å². The van der Waals surface area contributed by atoms with Gasteiger partial charge in [-0.25, -0.2) is 12.8 Å². The fourth-order valence-corrected chi connectivity index (χ4v) is 5.96. The molecule has 0 radical (unpaired) electrons. The van der Waals surface area contributed by atoms with E-state index in [2.05, 4.69) is 5.32 Å². The molecule has 3 rings (SSSR count). The molecule has 1 saturated carbocycles. The Bertz CT molecular complexity index is 929. The molecule has 2 N–H and O–H groups in total. The summed E-state index contributed by atoms with van der Waals surface area (Å²) >= 11 is 5.81. The summed E-state index contributed by atoms with van der Waals surface area (Å²) in [6, 6.07) is 3.74. The molecule has 1 aliphatic carbocycles. The van der Waals surface area contributed by atoms with Crippen LogP contribution >= 0.6 is 11.6 Å². The number of carbonyl (C=O) groups excluding carboxylic acids is 2. The highest BCUT2D eigenvalue weighted by atomic mass is 35.5. The molecular formula is C21H28ClFN2O5S. The lowest BCUT2D eigenvalue weighted by atomic mass is 9.86. The number of carbonyl (C=O) groups is 2. The van der Waals surface area contributed by atoms with Gasteiger partial charge in [0.15, 0.2) is 0 Å². The molecule has 0 spiro atoms. The van der Waals surface area contributed by atoms with Crippen LogP contribution in [0.5, 0.6) is 0 Å². The van der Waals surface area contributed by atoms with Crippen LogP contribution in [0.2, 0.25) is 5.02 Å². The van der Waals surface area contributed by atoms with Crippen LogP contribution in [-0.4, -0.2) is 59.9 Å². The molecule has 10 heteroatoms. The van der Waals surface area contributed by atoms with E-state index in [9.17, 15) is 27.5 Å². The van der Waals surface area contributed by atoms with Crippen molar-refractivity contribution in [2.75, 3.05) is 18.1 Å². The highest BCUT2D eigenvalue weighted by molar-refractivity contribution is 7.91. The summed E-state index contributed by atoms with van der Waals surface area (Å²) < 4.78 is 37.1. The molecule has 2 amide bonds. The summed E-state index contributed by atoms with van der Waals surface area (Å²) in [5.74, 6) is -1.61. The summed E-state index contributed by atoms with van der Waals surface area (Å²) in [7, 11) is -3.04. The first kappa shape index (κ1) is 23.9. The van der Waals surface area contributed by atoms with Crippen LogP contribution in [0.15, 0.2) is 18.2 Å². The van der Waals surface area contributed by atoms with Gasteiger partial charge in [-0.2, -0.15) is 0 Å². The van der Waals surface area contributed by atoms with Crippen molar-refractivity contribution in [3.05, 3.63) is 34.6 Å². The zero-order valence-corrected chi connectivity index (χ0v) is 19.0. The number of hydrogen-bond acceptors (Lipinski definition) is 5. The second-order valence-corrected chi connectivity index (χ2v) is 11.3. The fourth-order valence-electron chi connectivity index (χ4n) is 4.43. The molecule has 1 aromatic rings. The van der Waals surface area contributed by atoms with Crippen molar-refractivity contribution in [2.45, 2.75) is 57.2 Å². The number of benzene rings is 1. The van der Waals surface area contributed by atoms with Crippen LogP contribution in [0, 0.1) is 11.7 Å². The van der Waals surface area contributed by atoms with Crippen molar-refractivity contribution in [1.82, 2.24) is 10.2 Å². The smallest absolute Gasteiger partial charge is 0.264 e. The fraction of sp³-hybridized carbons (Fsp3) is 0.619. The molecule has 1 aromatic carbocycles. The summed E-state index contributed by atoms with van der Waals surface area (Å²) in [4.78, 5) is 27.0. The molecule has 1 heterocycles. The zero-order valence-electron chi connectivity index (χ0n) is 17.4. The van der Waals surface area contributed by atoms with Crippen LogP contribution in [0.1, 0.15) is 44.6 Å². The summed E-state index contributed by atoms with van der Waals surface area (Å²) in [6.07, 6.45) is 2.66. The maximum Gasteiger partial charge on any atom is 0.264 e. The lowest BCUT2D eigenvalue weighted by molar-refractivity contribution is -0.155. The minimum absolute atomic E-state index is 0.0221. The minimum Gasteiger partial charge on any atom is -0.372 e. The van der Waals surface area contributed by atoms with Gasteiger partial charge in [0.1, 0.15) is 15.7 Å². The number of rotatable bonds is 7. The van der Waals surface area contributed by atoms with Gasteiger partial charge in [-0.1, -0.05) is 18.5 Å². The van der Waals surface area contributed by atoms with Crippen LogP contribution in [0.3, 0.4) is 0 Å². The lowest BCUT2D eigenvalue weighted by Gasteiger charge is -2.35. The SMILES string of the molecule is CCS(=O)(=O)CC1CCC(N2CCC(O)(C(=O)NCc3cc(F)cc(Cl)c3)C2=O)CC1. The monoisotopic (exact) mass is 474 g/mol. The Morgan fingerprint density at radius 3 is 2.58 bits per heavy atom. The Kier molecular flexibility index (Phi) is 7.28. The predicted molar refractivity (Wildman–Crippen MR) is 115 cm³/mol. The van der Waals surface area contributed by atoms with Crippen LogP contribution in [-0.2, 0) is 26.0 Å². The van der Waals surface area contributed by atoms with E-state index in [0.29, 0.717) is 31.2 Å². The van der Waals surface area contributed by atoms with Gasteiger partial charge in [0.25, 0.3) is 11.8 Å². The maximum atomic E-state index is 13.4. The van der Waals surface area contributed by atoms with E-state index in [1.165, 1.54) is 12.1 Å². The summed E-state index contributed by atoms with van der Waals surface area (Å²) in [5.41, 5.74) is -1.73. The molecule has 0 bridgehead atoms. The first-order valence-corrected chi connectivity index (χ1v) is 12.7. The molecule has 1 saturated heterocycles. The average molecular weight is 475 g/mol. The molecule has 1 unspecified atom stereocenters. The Labute approximate surface area is 186 Å². The van der Waals surface area contributed by atoms with Gasteiger partial charge < -0.3 is 15.3 Å². The molecule has 2 aliphatic rings. The van der Waals surface area contributed by atoms with E-state index in [1.54, 1.807) is 11.8 Å². The third-order valence-corrected chi connectivity index (χ3v) is 8.34. The first-order valence-electron chi connectivity index (χ1n) is 10.5. The number of amides is 2. The second-order valence-electron chi connectivity index (χ2n) is 8.44. The summed E-state index contributed by atoms with van der Waals surface area (Å²) in [5, 5.41) is 13.5. The van der Waals surface area contributed by atoms with E-state index in [0.717, 1.165) is 6.07 Å². The molecule has 1 atom stereocenters. The number of halogens is 2. The third kappa shape index (κ3) is 5.56. The molecule has 172 valence electrons. The largest absolute Gasteiger partial charge is 0.372 e. The number of nitrogens with zero attached hydrogens (tertiary/aromatic N) is 1. The second kappa shape index (κ2) is 9.42. The number of sulfone groups is 1. The number of likely N-dealkylation sites (tertiary alicyclic amines) is 1. The normalized spacial score (nSPS) is 26.8. The van der Waals surface area contributed by atoms with Gasteiger partial charge in [-0.3, -0.25) is 9.59 Å². The highest BCUT2D eigenvalue weighted by Crippen LogP contribution is 2.34.